The molecule has 164 valence electrons. The lowest BCUT2D eigenvalue weighted by atomic mass is 10.0. The number of nitrogens with one attached hydrogen (secondary N) is 1. The van der Waals surface area contributed by atoms with Gasteiger partial charge in [0.2, 0.25) is 5.91 Å². The molecule has 5 nitrogen and oxygen atoms in total. The molecule has 0 aromatic heterocycles. The van der Waals surface area contributed by atoms with Crippen molar-refractivity contribution in [2.45, 2.75) is 13.0 Å². The zero-order valence-electron chi connectivity index (χ0n) is 18.7. The fraction of sp³-hybridized carbons (Fsp3) is 0.296. The summed E-state index contributed by atoms with van der Waals surface area (Å²) in [7, 11) is 1.62. The predicted molar refractivity (Wildman–Crippen MR) is 128 cm³/mol. The Balaban J connectivity index is 1.24. The van der Waals surface area contributed by atoms with E-state index in [1.807, 2.05) is 25.1 Å². The van der Waals surface area contributed by atoms with E-state index in [-0.39, 0.29) is 5.91 Å². The summed E-state index contributed by atoms with van der Waals surface area (Å²) in [4.78, 5) is 17.5. The third-order valence-corrected chi connectivity index (χ3v) is 6.57. The molecule has 1 N–H and O–H groups in total. The number of rotatable bonds is 5. The maximum Gasteiger partial charge on any atom is 0.238 e. The highest BCUT2D eigenvalue weighted by Crippen LogP contribution is 2.46. The summed E-state index contributed by atoms with van der Waals surface area (Å²) < 4.78 is 5.38. The lowest BCUT2D eigenvalue weighted by Crippen LogP contribution is -2.49. The molecule has 3 aromatic rings. The number of methoxy groups -OCH3 is 1. The Morgan fingerprint density at radius 2 is 1.56 bits per heavy atom. The number of hydrogen-bond acceptors (Lipinski definition) is 4. The van der Waals surface area contributed by atoms with Gasteiger partial charge in [-0.1, -0.05) is 54.6 Å². The minimum Gasteiger partial charge on any atom is -0.495 e. The number of benzene rings is 3. The van der Waals surface area contributed by atoms with Crippen LogP contribution in [-0.4, -0.2) is 55.5 Å². The van der Waals surface area contributed by atoms with E-state index in [0.717, 1.165) is 37.4 Å². The molecule has 5 rings (SSSR count). The van der Waals surface area contributed by atoms with Crippen LogP contribution in [0.5, 0.6) is 5.75 Å². The minimum absolute atomic E-state index is 0.00101. The molecule has 1 saturated heterocycles. The van der Waals surface area contributed by atoms with Crippen LogP contribution in [0.2, 0.25) is 0 Å². The summed E-state index contributed by atoms with van der Waals surface area (Å²) in [6, 6.07) is 23.6. The quantitative estimate of drug-likeness (QED) is 0.658. The highest BCUT2D eigenvalue weighted by molar-refractivity contribution is 5.93. The van der Waals surface area contributed by atoms with Gasteiger partial charge in [-0.25, -0.2) is 0 Å². The zero-order chi connectivity index (χ0) is 22.1. The Hall–Kier alpha value is -3.15. The van der Waals surface area contributed by atoms with Crippen LogP contribution in [0.3, 0.4) is 0 Å². The molecule has 0 radical (unpaired) electrons. The van der Waals surface area contributed by atoms with E-state index in [9.17, 15) is 4.79 Å². The van der Waals surface area contributed by atoms with E-state index in [1.54, 1.807) is 7.11 Å². The molecule has 5 heteroatoms. The first kappa shape index (κ1) is 20.7. The number of carbonyl (C=O) groups excluding carboxylic acids is 1. The maximum atomic E-state index is 12.7. The molecule has 0 saturated carbocycles. The second kappa shape index (κ2) is 8.77. The van der Waals surface area contributed by atoms with Crippen molar-refractivity contribution in [3.05, 3.63) is 83.4 Å². The molecule has 1 aliphatic heterocycles. The van der Waals surface area contributed by atoms with Crippen molar-refractivity contribution in [2.75, 3.05) is 45.2 Å². The molecule has 1 fully saturated rings. The van der Waals surface area contributed by atoms with Crippen LogP contribution in [0, 0.1) is 6.92 Å². The number of nitrogens with zero attached hydrogens (tertiary/aromatic N) is 2. The number of aryl methyl sites for hydroxylation is 1. The van der Waals surface area contributed by atoms with Gasteiger partial charge in [-0.3, -0.25) is 14.6 Å². The fourth-order valence-electron chi connectivity index (χ4n) is 5.01. The average molecular weight is 428 g/mol. The number of carbonyl (C=O) groups is 1. The van der Waals surface area contributed by atoms with E-state index in [4.69, 9.17) is 4.74 Å². The maximum absolute atomic E-state index is 12.7. The van der Waals surface area contributed by atoms with Crippen molar-refractivity contribution in [3.63, 3.8) is 0 Å². The Kier molecular flexibility index (Phi) is 5.68. The Morgan fingerprint density at radius 1 is 0.938 bits per heavy atom. The Bertz CT molecular complexity index is 1090. The molecule has 1 heterocycles. The van der Waals surface area contributed by atoms with Gasteiger partial charge in [0.15, 0.2) is 0 Å². The van der Waals surface area contributed by atoms with Crippen LogP contribution in [0.1, 0.15) is 22.7 Å². The van der Waals surface area contributed by atoms with Gasteiger partial charge in [0.25, 0.3) is 0 Å². The summed E-state index contributed by atoms with van der Waals surface area (Å²) in [6.45, 7) is 6.03. The van der Waals surface area contributed by atoms with E-state index >= 15 is 0 Å². The van der Waals surface area contributed by atoms with Gasteiger partial charge in [0.1, 0.15) is 5.75 Å². The second-order valence-electron chi connectivity index (χ2n) is 8.64. The minimum atomic E-state index is -0.00101. The average Bonchev–Trinajstić information content (AvgIpc) is 3.14. The molecule has 1 aliphatic carbocycles. The summed E-state index contributed by atoms with van der Waals surface area (Å²) in [5.74, 6) is 0.686. The van der Waals surface area contributed by atoms with Gasteiger partial charge in [-0.2, -0.15) is 0 Å². The van der Waals surface area contributed by atoms with Gasteiger partial charge < -0.3 is 10.1 Å². The second-order valence-corrected chi connectivity index (χ2v) is 8.64. The number of hydrogen-bond donors (Lipinski definition) is 1. The number of fused-ring (bicyclic) bond motifs is 3. The molecule has 0 atom stereocenters. The molecular formula is C27H29N3O2. The molecule has 1 amide bonds. The summed E-state index contributed by atoms with van der Waals surface area (Å²) >= 11 is 0. The standard InChI is InChI=1S/C27H29N3O2/c1-19-11-12-25(32-2)24(17-19)28-26(31)18-29-13-15-30(16-14-29)27-22-9-5-3-7-20(22)21-8-4-6-10-23(21)27/h3-12,17,27H,13-16,18H2,1-2H3,(H,28,31). The van der Waals surface area contributed by atoms with Gasteiger partial charge in [0, 0.05) is 26.2 Å². The van der Waals surface area contributed by atoms with Crippen LogP contribution < -0.4 is 10.1 Å². The smallest absolute Gasteiger partial charge is 0.238 e. The number of piperazine rings is 1. The van der Waals surface area contributed by atoms with E-state index in [0.29, 0.717) is 18.3 Å². The first-order valence-electron chi connectivity index (χ1n) is 11.2. The first-order valence-corrected chi connectivity index (χ1v) is 11.2. The highest BCUT2D eigenvalue weighted by Gasteiger charge is 2.34. The normalized spacial score (nSPS) is 16.4. The molecule has 2 aliphatic rings. The number of ether oxygens (including phenoxy) is 1. The van der Waals surface area contributed by atoms with Crippen molar-refractivity contribution in [1.82, 2.24) is 9.80 Å². The van der Waals surface area contributed by atoms with Crippen LogP contribution in [0.15, 0.2) is 66.7 Å². The van der Waals surface area contributed by atoms with E-state index in [2.05, 4.69) is 63.6 Å². The third-order valence-electron chi connectivity index (χ3n) is 6.57. The SMILES string of the molecule is COc1ccc(C)cc1NC(=O)CN1CCN(C2c3ccccc3-c3ccccc32)CC1. The van der Waals surface area contributed by atoms with Crippen LogP contribution >= 0.6 is 0 Å². The lowest BCUT2D eigenvalue weighted by Gasteiger charge is -2.38. The van der Waals surface area contributed by atoms with Gasteiger partial charge in [-0.15, -0.1) is 0 Å². The molecule has 3 aromatic carbocycles. The largest absolute Gasteiger partial charge is 0.495 e. The topological polar surface area (TPSA) is 44.8 Å². The van der Waals surface area contributed by atoms with E-state index < -0.39 is 0 Å². The van der Waals surface area contributed by atoms with Crippen LogP contribution in [-0.2, 0) is 4.79 Å². The molecular weight excluding hydrogens is 398 g/mol. The summed E-state index contributed by atoms with van der Waals surface area (Å²) in [5.41, 5.74) is 7.31. The van der Waals surface area contributed by atoms with Crippen molar-refractivity contribution in [2.24, 2.45) is 0 Å². The number of anilines is 1. The predicted octanol–water partition coefficient (Wildman–Crippen LogP) is 4.33. The zero-order valence-corrected chi connectivity index (χ0v) is 18.7. The van der Waals surface area contributed by atoms with Gasteiger partial charge in [-0.05, 0) is 46.9 Å². The van der Waals surface area contributed by atoms with Gasteiger partial charge in [0.05, 0.1) is 25.4 Å². The van der Waals surface area contributed by atoms with Crippen LogP contribution in [0.25, 0.3) is 11.1 Å². The molecule has 0 unspecified atom stereocenters. The van der Waals surface area contributed by atoms with Crippen molar-refractivity contribution >= 4 is 11.6 Å². The number of amides is 1. The lowest BCUT2D eigenvalue weighted by molar-refractivity contribution is -0.117. The highest BCUT2D eigenvalue weighted by atomic mass is 16.5. The van der Waals surface area contributed by atoms with E-state index in [1.165, 1.54) is 22.3 Å². The van der Waals surface area contributed by atoms with Crippen molar-refractivity contribution in [1.29, 1.82) is 0 Å². The monoisotopic (exact) mass is 427 g/mol. The molecule has 0 spiro atoms. The first-order chi connectivity index (χ1) is 15.6. The van der Waals surface area contributed by atoms with Crippen molar-refractivity contribution in [3.8, 4) is 16.9 Å². The Labute approximate surface area is 189 Å². The van der Waals surface area contributed by atoms with Crippen LogP contribution in [0.4, 0.5) is 5.69 Å². The third kappa shape index (κ3) is 3.90. The Morgan fingerprint density at radius 3 is 2.19 bits per heavy atom. The molecule has 32 heavy (non-hydrogen) atoms. The fourth-order valence-corrected chi connectivity index (χ4v) is 5.01. The summed E-state index contributed by atoms with van der Waals surface area (Å²) in [5, 5.41) is 3.02. The van der Waals surface area contributed by atoms with Crippen molar-refractivity contribution < 1.29 is 9.53 Å². The van der Waals surface area contributed by atoms with Gasteiger partial charge >= 0.3 is 0 Å². The molecule has 0 bridgehead atoms. The summed E-state index contributed by atoms with van der Waals surface area (Å²) in [6.07, 6.45) is 0.